The molecular weight excluding hydrogens is 256 g/mol. The number of carboxylic acid groups (broad SMARTS) is 1. The highest BCUT2D eigenvalue weighted by Crippen LogP contribution is 2.34. The third-order valence-electron chi connectivity index (χ3n) is 5.11. The van der Waals surface area contributed by atoms with Crippen LogP contribution < -0.4 is 5.32 Å². The number of urea groups is 1. The van der Waals surface area contributed by atoms with Crippen LogP contribution in [0.2, 0.25) is 0 Å². The third kappa shape index (κ3) is 3.07. The van der Waals surface area contributed by atoms with E-state index in [-0.39, 0.29) is 12.1 Å². The summed E-state index contributed by atoms with van der Waals surface area (Å²) in [5.74, 6) is 0.278. The molecule has 1 saturated carbocycles. The molecule has 2 amide bonds. The van der Waals surface area contributed by atoms with Crippen LogP contribution in [0.25, 0.3) is 0 Å². The van der Waals surface area contributed by atoms with Gasteiger partial charge in [-0.05, 0) is 43.9 Å². The Balaban J connectivity index is 1.95. The predicted molar refractivity (Wildman–Crippen MR) is 76.5 cm³/mol. The molecular formula is C15H26N2O3. The van der Waals surface area contributed by atoms with E-state index in [4.69, 9.17) is 0 Å². The molecule has 1 saturated heterocycles. The lowest BCUT2D eigenvalue weighted by Gasteiger charge is -2.34. The summed E-state index contributed by atoms with van der Waals surface area (Å²) in [6, 6.07) is -0.642. The van der Waals surface area contributed by atoms with Crippen molar-refractivity contribution in [1.29, 1.82) is 0 Å². The van der Waals surface area contributed by atoms with Gasteiger partial charge >= 0.3 is 12.0 Å². The average molecular weight is 282 g/mol. The number of hydrogen-bond donors (Lipinski definition) is 2. The minimum absolute atomic E-state index is 0.189. The van der Waals surface area contributed by atoms with Crippen molar-refractivity contribution in [3.8, 4) is 0 Å². The van der Waals surface area contributed by atoms with Crippen molar-refractivity contribution in [3.05, 3.63) is 0 Å². The van der Waals surface area contributed by atoms with Gasteiger partial charge in [-0.25, -0.2) is 9.59 Å². The molecule has 0 spiro atoms. The fourth-order valence-electron chi connectivity index (χ4n) is 3.70. The van der Waals surface area contributed by atoms with Gasteiger partial charge in [0.15, 0.2) is 0 Å². The van der Waals surface area contributed by atoms with E-state index in [1.54, 1.807) is 0 Å². The van der Waals surface area contributed by atoms with E-state index in [1.165, 1.54) is 4.90 Å². The van der Waals surface area contributed by atoms with Gasteiger partial charge < -0.3 is 15.3 Å². The van der Waals surface area contributed by atoms with E-state index in [9.17, 15) is 14.7 Å². The van der Waals surface area contributed by atoms with E-state index in [2.05, 4.69) is 19.2 Å². The highest BCUT2D eigenvalue weighted by molar-refractivity contribution is 5.83. The summed E-state index contributed by atoms with van der Waals surface area (Å²) in [6.07, 6.45) is 5.67. The molecule has 4 unspecified atom stereocenters. The maximum absolute atomic E-state index is 12.4. The molecule has 4 atom stereocenters. The summed E-state index contributed by atoms with van der Waals surface area (Å²) in [5, 5.41) is 12.3. The lowest BCUT2D eigenvalue weighted by molar-refractivity contribution is -0.143. The molecule has 2 fully saturated rings. The molecule has 1 aliphatic carbocycles. The zero-order valence-corrected chi connectivity index (χ0v) is 12.5. The molecule has 2 N–H and O–H groups in total. The van der Waals surface area contributed by atoms with E-state index in [1.807, 2.05) is 0 Å². The number of likely N-dealkylation sites (tertiary alicyclic amines) is 1. The van der Waals surface area contributed by atoms with Gasteiger partial charge in [0.1, 0.15) is 6.04 Å². The molecule has 0 bridgehead atoms. The number of rotatable bonds is 3. The van der Waals surface area contributed by atoms with Crippen LogP contribution in [0, 0.1) is 11.8 Å². The molecule has 1 aliphatic heterocycles. The van der Waals surface area contributed by atoms with E-state index in [0.29, 0.717) is 24.8 Å². The largest absolute Gasteiger partial charge is 0.480 e. The molecule has 2 aliphatic rings. The van der Waals surface area contributed by atoms with Crippen molar-refractivity contribution in [3.63, 3.8) is 0 Å². The number of piperidine rings is 1. The Kier molecular flexibility index (Phi) is 4.89. The predicted octanol–water partition coefficient (Wildman–Crippen LogP) is 2.46. The first kappa shape index (κ1) is 15.1. The average Bonchev–Trinajstić information content (AvgIpc) is 2.79. The molecule has 114 valence electrons. The zero-order valence-electron chi connectivity index (χ0n) is 12.5. The molecule has 0 aromatic rings. The lowest BCUT2D eigenvalue weighted by atomic mass is 9.93. The van der Waals surface area contributed by atoms with E-state index >= 15 is 0 Å². The SMILES string of the molecule is CCC1CCC(NC(=O)N2CCCCC2C(=O)O)C1C. The second-order valence-corrected chi connectivity index (χ2v) is 6.20. The highest BCUT2D eigenvalue weighted by Gasteiger charge is 2.36. The molecule has 0 aromatic carbocycles. The number of amides is 2. The van der Waals surface area contributed by atoms with E-state index in [0.717, 1.165) is 32.1 Å². The summed E-state index contributed by atoms with van der Waals surface area (Å²) in [6.45, 7) is 4.94. The van der Waals surface area contributed by atoms with Crippen molar-refractivity contribution in [2.24, 2.45) is 11.8 Å². The highest BCUT2D eigenvalue weighted by atomic mass is 16.4. The second-order valence-electron chi connectivity index (χ2n) is 6.20. The number of carbonyl (C=O) groups excluding carboxylic acids is 1. The minimum Gasteiger partial charge on any atom is -0.480 e. The van der Waals surface area contributed by atoms with Crippen LogP contribution >= 0.6 is 0 Å². The molecule has 2 rings (SSSR count). The number of nitrogens with one attached hydrogen (secondary N) is 1. The van der Waals surface area contributed by atoms with Crippen LogP contribution in [0.1, 0.15) is 52.4 Å². The van der Waals surface area contributed by atoms with Crippen molar-refractivity contribution in [2.45, 2.75) is 64.5 Å². The minimum atomic E-state index is -0.884. The Morgan fingerprint density at radius 1 is 1.25 bits per heavy atom. The van der Waals surface area contributed by atoms with Gasteiger partial charge in [-0.2, -0.15) is 0 Å². The van der Waals surface area contributed by atoms with Gasteiger partial charge in [0, 0.05) is 12.6 Å². The first-order valence-corrected chi connectivity index (χ1v) is 7.84. The van der Waals surface area contributed by atoms with Crippen molar-refractivity contribution < 1.29 is 14.7 Å². The van der Waals surface area contributed by atoms with Crippen LogP contribution in [-0.4, -0.2) is 40.6 Å². The molecule has 20 heavy (non-hydrogen) atoms. The first-order chi connectivity index (χ1) is 9.54. The quantitative estimate of drug-likeness (QED) is 0.835. The summed E-state index contributed by atoms with van der Waals surface area (Å²) < 4.78 is 0. The molecule has 5 heteroatoms. The zero-order chi connectivity index (χ0) is 14.7. The second kappa shape index (κ2) is 6.46. The Morgan fingerprint density at radius 2 is 2.00 bits per heavy atom. The summed E-state index contributed by atoms with van der Waals surface area (Å²) in [5.41, 5.74) is 0. The number of hydrogen-bond acceptors (Lipinski definition) is 2. The van der Waals surface area contributed by atoms with Gasteiger partial charge in [0.05, 0.1) is 0 Å². The Hall–Kier alpha value is -1.26. The smallest absolute Gasteiger partial charge is 0.326 e. The van der Waals surface area contributed by atoms with E-state index < -0.39 is 12.0 Å². The fraction of sp³-hybridized carbons (Fsp3) is 0.867. The van der Waals surface area contributed by atoms with Gasteiger partial charge in [0.2, 0.25) is 0 Å². The van der Waals surface area contributed by atoms with Crippen LogP contribution in [0.4, 0.5) is 4.79 Å². The molecule has 1 heterocycles. The van der Waals surface area contributed by atoms with Gasteiger partial charge in [-0.15, -0.1) is 0 Å². The topological polar surface area (TPSA) is 69.6 Å². The number of carboxylic acids is 1. The number of carbonyl (C=O) groups is 2. The fourth-order valence-corrected chi connectivity index (χ4v) is 3.70. The number of aliphatic carboxylic acids is 1. The standard InChI is InChI=1S/C15H26N2O3/c1-3-11-7-8-12(10(11)2)16-15(20)17-9-5-4-6-13(17)14(18)19/h10-13H,3-9H2,1-2H3,(H,16,20)(H,18,19). The Bertz CT molecular complexity index is 372. The van der Waals surface area contributed by atoms with Gasteiger partial charge in [0.25, 0.3) is 0 Å². The lowest BCUT2D eigenvalue weighted by Crippen LogP contribution is -2.54. The number of nitrogens with zero attached hydrogens (tertiary/aromatic N) is 1. The first-order valence-electron chi connectivity index (χ1n) is 7.84. The molecule has 0 radical (unpaired) electrons. The van der Waals surface area contributed by atoms with Crippen molar-refractivity contribution in [1.82, 2.24) is 10.2 Å². The van der Waals surface area contributed by atoms with Gasteiger partial charge in [-0.3, -0.25) is 0 Å². The maximum atomic E-state index is 12.4. The van der Waals surface area contributed by atoms with Crippen molar-refractivity contribution >= 4 is 12.0 Å². The monoisotopic (exact) mass is 282 g/mol. The van der Waals surface area contributed by atoms with Crippen LogP contribution in [0.5, 0.6) is 0 Å². The summed E-state index contributed by atoms with van der Waals surface area (Å²) in [7, 11) is 0. The molecule has 0 aromatic heterocycles. The molecule has 5 nitrogen and oxygen atoms in total. The van der Waals surface area contributed by atoms with Crippen LogP contribution in [0.15, 0.2) is 0 Å². The summed E-state index contributed by atoms with van der Waals surface area (Å²) >= 11 is 0. The van der Waals surface area contributed by atoms with Gasteiger partial charge in [-0.1, -0.05) is 20.3 Å². The third-order valence-corrected chi connectivity index (χ3v) is 5.11. The van der Waals surface area contributed by atoms with Crippen molar-refractivity contribution in [2.75, 3.05) is 6.54 Å². The maximum Gasteiger partial charge on any atom is 0.326 e. The van der Waals surface area contributed by atoms with Crippen LogP contribution in [-0.2, 0) is 4.79 Å². The summed E-state index contributed by atoms with van der Waals surface area (Å²) in [4.78, 5) is 25.1. The normalized spacial score (nSPS) is 34.0. The van der Waals surface area contributed by atoms with Crippen LogP contribution in [0.3, 0.4) is 0 Å². The Morgan fingerprint density at radius 3 is 2.60 bits per heavy atom. The Labute approximate surface area is 120 Å².